The van der Waals surface area contributed by atoms with Crippen LogP contribution in [0, 0.1) is 0 Å². The van der Waals surface area contributed by atoms with Crippen LogP contribution in [0.15, 0.2) is 18.3 Å². The molecule has 2 rings (SSSR count). The van der Waals surface area contributed by atoms with E-state index < -0.39 is 5.97 Å². The number of hydrogen-bond acceptors (Lipinski definition) is 5. The van der Waals surface area contributed by atoms with Gasteiger partial charge in [0.15, 0.2) is 0 Å². The van der Waals surface area contributed by atoms with Crippen molar-refractivity contribution in [2.45, 2.75) is 13.0 Å². The highest BCUT2D eigenvalue weighted by Gasteiger charge is 2.19. The highest BCUT2D eigenvalue weighted by molar-refractivity contribution is 5.85. The SMILES string of the molecule is CCN1CCOC(COc2ccc(C(=O)O)nc2)C1. The number of aromatic nitrogens is 1. The first kappa shape index (κ1) is 13.8. The van der Waals surface area contributed by atoms with Crippen molar-refractivity contribution in [2.24, 2.45) is 0 Å². The van der Waals surface area contributed by atoms with Crippen molar-refractivity contribution in [2.75, 3.05) is 32.8 Å². The van der Waals surface area contributed by atoms with E-state index in [0.717, 1.165) is 26.2 Å². The van der Waals surface area contributed by atoms with Crippen molar-refractivity contribution in [1.29, 1.82) is 0 Å². The lowest BCUT2D eigenvalue weighted by molar-refractivity contribution is -0.0464. The third-order valence-electron chi connectivity index (χ3n) is 3.06. The summed E-state index contributed by atoms with van der Waals surface area (Å²) in [5, 5.41) is 8.74. The molecule has 1 aromatic heterocycles. The summed E-state index contributed by atoms with van der Waals surface area (Å²) >= 11 is 0. The average molecular weight is 266 g/mol. The Morgan fingerprint density at radius 1 is 1.63 bits per heavy atom. The number of hydrogen-bond donors (Lipinski definition) is 1. The molecule has 0 amide bonds. The van der Waals surface area contributed by atoms with E-state index >= 15 is 0 Å². The van der Waals surface area contributed by atoms with Crippen LogP contribution in [0.1, 0.15) is 17.4 Å². The maximum atomic E-state index is 10.7. The Bertz CT molecular complexity index is 421. The lowest BCUT2D eigenvalue weighted by atomic mass is 10.3. The molecule has 1 saturated heterocycles. The van der Waals surface area contributed by atoms with E-state index in [1.807, 2.05) is 0 Å². The third-order valence-corrected chi connectivity index (χ3v) is 3.06. The molecule has 1 aromatic rings. The highest BCUT2D eigenvalue weighted by atomic mass is 16.5. The Morgan fingerprint density at radius 3 is 3.11 bits per heavy atom. The molecule has 0 bridgehead atoms. The summed E-state index contributed by atoms with van der Waals surface area (Å²) in [6.45, 7) is 6.12. The second-order valence-corrected chi connectivity index (χ2v) is 4.38. The number of likely N-dealkylation sites (N-methyl/N-ethyl adjacent to an activating group) is 1. The second kappa shape index (κ2) is 6.49. The van der Waals surface area contributed by atoms with Crippen LogP contribution >= 0.6 is 0 Å². The molecule has 1 unspecified atom stereocenters. The number of carboxylic acids is 1. The first-order valence-corrected chi connectivity index (χ1v) is 6.35. The standard InChI is InChI=1S/C13H18N2O4/c1-2-15-5-6-18-11(8-15)9-19-10-3-4-12(13(16)17)14-7-10/h3-4,7,11H,2,5-6,8-9H2,1H3,(H,16,17). The predicted molar refractivity (Wildman–Crippen MR) is 68.5 cm³/mol. The van der Waals surface area contributed by atoms with Gasteiger partial charge in [-0.05, 0) is 18.7 Å². The Labute approximate surface area is 112 Å². The number of rotatable bonds is 5. The van der Waals surface area contributed by atoms with E-state index in [-0.39, 0.29) is 11.8 Å². The summed E-state index contributed by atoms with van der Waals surface area (Å²) < 4.78 is 11.2. The van der Waals surface area contributed by atoms with Crippen LogP contribution in [-0.4, -0.2) is 59.9 Å². The van der Waals surface area contributed by atoms with Gasteiger partial charge in [0.2, 0.25) is 0 Å². The number of carboxylic acid groups (broad SMARTS) is 1. The zero-order chi connectivity index (χ0) is 13.7. The maximum Gasteiger partial charge on any atom is 0.354 e. The first-order chi connectivity index (χ1) is 9.19. The molecule has 6 heteroatoms. The van der Waals surface area contributed by atoms with Gasteiger partial charge in [-0.25, -0.2) is 9.78 Å². The minimum absolute atomic E-state index is 0.0124. The van der Waals surface area contributed by atoms with Gasteiger partial charge < -0.3 is 14.6 Å². The average Bonchev–Trinajstić information content (AvgIpc) is 2.46. The number of carbonyl (C=O) groups is 1. The molecule has 19 heavy (non-hydrogen) atoms. The molecule has 0 saturated carbocycles. The number of nitrogens with zero attached hydrogens (tertiary/aromatic N) is 2. The fourth-order valence-corrected chi connectivity index (χ4v) is 1.95. The largest absolute Gasteiger partial charge is 0.489 e. The van der Waals surface area contributed by atoms with E-state index in [1.54, 1.807) is 6.07 Å². The van der Waals surface area contributed by atoms with Crippen LogP contribution in [0.4, 0.5) is 0 Å². The Kier molecular flexibility index (Phi) is 4.70. The van der Waals surface area contributed by atoms with Crippen LogP contribution in [0.3, 0.4) is 0 Å². The van der Waals surface area contributed by atoms with Crippen molar-refractivity contribution in [3.63, 3.8) is 0 Å². The Morgan fingerprint density at radius 2 is 2.47 bits per heavy atom. The summed E-state index contributed by atoms with van der Waals surface area (Å²) in [5.41, 5.74) is 0.0124. The number of aromatic carboxylic acids is 1. The van der Waals surface area contributed by atoms with Crippen LogP contribution in [0.25, 0.3) is 0 Å². The molecule has 0 radical (unpaired) electrons. The molecule has 6 nitrogen and oxygen atoms in total. The second-order valence-electron chi connectivity index (χ2n) is 4.38. The zero-order valence-electron chi connectivity index (χ0n) is 10.9. The molecule has 0 aromatic carbocycles. The van der Waals surface area contributed by atoms with Gasteiger partial charge in [0.25, 0.3) is 0 Å². The van der Waals surface area contributed by atoms with E-state index in [4.69, 9.17) is 14.6 Å². The molecule has 0 aliphatic carbocycles. The van der Waals surface area contributed by atoms with Crippen LogP contribution in [0.2, 0.25) is 0 Å². The van der Waals surface area contributed by atoms with Gasteiger partial charge >= 0.3 is 5.97 Å². The van der Waals surface area contributed by atoms with Crippen molar-refractivity contribution >= 4 is 5.97 Å². The van der Waals surface area contributed by atoms with E-state index in [0.29, 0.717) is 12.4 Å². The van der Waals surface area contributed by atoms with Crippen molar-refractivity contribution < 1.29 is 19.4 Å². The Hall–Kier alpha value is -1.66. The smallest absolute Gasteiger partial charge is 0.354 e. The molecule has 2 heterocycles. The van der Waals surface area contributed by atoms with Crippen LogP contribution in [0.5, 0.6) is 5.75 Å². The molecular weight excluding hydrogens is 248 g/mol. The third kappa shape index (κ3) is 3.90. The highest BCUT2D eigenvalue weighted by Crippen LogP contribution is 2.12. The normalized spacial score (nSPS) is 20.2. The summed E-state index contributed by atoms with van der Waals surface area (Å²) in [6, 6.07) is 3.04. The molecule has 104 valence electrons. The molecule has 1 aliphatic heterocycles. The van der Waals surface area contributed by atoms with E-state index in [9.17, 15) is 4.79 Å². The minimum Gasteiger partial charge on any atom is -0.489 e. The number of morpholine rings is 1. The number of ether oxygens (including phenoxy) is 2. The van der Waals surface area contributed by atoms with Crippen LogP contribution < -0.4 is 4.74 Å². The molecule has 1 aliphatic rings. The molecule has 1 fully saturated rings. The summed E-state index contributed by atoms with van der Waals surface area (Å²) in [4.78, 5) is 16.8. The van der Waals surface area contributed by atoms with Gasteiger partial charge in [0.1, 0.15) is 24.2 Å². The van der Waals surface area contributed by atoms with E-state index in [2.05, 4.69) is 16.8 Å². The summed E-state index contributed by atoms with van der Waals surface area (Å²) in [5.74, 6) is -0.483. The fourth-order valence-electron chi connectivity index (χ4n) is 1.95. The van der Waals surface area contributed by atoms with Crippen molar-refractivity contribution in [3.05, 3.63) is 24.0 Å². The Balaban J connectivity index is 1.83. The van der Waals surface area contributed by atoms with Crippen LogP contribution in [-0.2, 0) is 4.74 Å². The monoisotopic (exact) mass is 266 g/mol. The lowest BCUT2D eigenvalue weighted by Crippen LogP contribution is -2.44. The molecule has 1 atom stereocenters. The topological polar surface area (TPSA) is 71.9 Å². The van der Waals surface area contributed by atoms with Gasteiger partial charge in [-0.2, -0.15) is 0 Å². The molecule has 1 N–H and O–H groups in total. The zero-order valence-corrected chi connectivity index (χ0v) is 10.9. The maximum absolute atomic E-state index is 10.7. The fraction of sp³-hybridized carbons (Fsp3) is 0.538. The first-order valence-electron chi connectivity index (χ1n) is 6.35. The van der Waals surface area contributed by atoms with Gasteiger partial charge in [0.05, 0.1) is 12.8 Å². The van der Waals surface area contributed by atoms with Crippen molar-refractivity contribution in [3.8, 4) is 5.75 Å². The number of pyridine rings is 1. The predicted octanol–water partition coefficient (Wildman–Crippen LogP) is 0.879. The molecular formula is C13H18N2O4. The van der Waals surface area contributed by atoms with Gasteiger partial charge in [-0.3, -0.25) is 4.90 Å². The lowest BCUT2D eigenvalue weighted by Gasteiger charge is -2.31. The summed E-state index contributed by atoms with van der Waals surface area (Å²) in [6.07, 6.45) is 1.47. The van der Waals surface area contributed by atoms with Gasteiger partial charge in [0, 0.05) is 13.1 Å². The minimum atomic E-state index is -1.04. The van der Waals surface area contributed by atoms with Crippen molar-refractivity contribution in [1.82, 2.24) is 9.88 Å². The van der Waals surface area contributed by atoms with Gasteiger partial charge in [-0.1, -0.05) is 6.92 Å². The summed E-state index contributed by atoms with van der Waals surface area (Å²) in [7, 11) is 0. The van der Waals surface area contributed by atoms with E-state index in [1.165, 1.54) is 12.3 Å². The quantitative estimate of drug-likeness (QED) is 0.853. The van der Waals surface area contributed by atoms with Gasteiger partial charge in [-0.15, -0.1) is 0 Å². The molecule has 0 spiro atoms.